The second kappa shape index (κ2) is 8.67. The van der Waals surface area contributed by atoms with Crippen LogP contribution in [-0.2, 0) is 19.2 Å². The lowest BCUT2D eigenvalue weighted by Crippen LogP contribution is -2.26. The van der Waals surface area contributed by atoms with Gasteiger partial charge in [0.05, 0.1) is 24.2 Å². The predicted octanol–water partition coefficient (Wildman–Crippen LogP) is 3.08. The summed E-state index contributed by atoms with van der Waals surface area (Å²) in [6.07, 6.45) is 2.11. The lowest BCUT2D eigenvalue weighted by Gasteiger charge is -2.20. The van der Waals surface area contributed by atoms with Crippen LogP contribution in [0.4, 0.5) is 0 Å². The van der Waals surface area contributed by atoms with Crippen molar-refractivity contribution in [3.63, 3.8) is 0 Å². The van der Waals surface area contributed by atoms with E-state index in [2.05, 4.69) is 5.16 Å². The molecular formula is C14H25NO4. The molecular weight excluding hydrogens is 246 g/mol. The molecule has 0 spiro atoms. The maximum absolute atomic E-state index is 11.6. The Morgan fingerprint density at radius 3 is 2.37 bits per heavy atom. The molecule has 0 aromatic carbocycles. The number of hydrogen-bond donors (Lipinski definition) is 0. The van der Waals surface area contributed by atoms with Crippen molar-refractivity contribution in [3.8, 4) is 0 Å². The fourth-order valence-electron chi connectivity index (χ4n) is 0.960. The Kier molecular flexibility index (Phi) is 8.03. The number of carbonyl (C=O) groups excluding carboxylic acids is 2. The van der Waals surface area contributed by atoms with Crippen LogP contribution in [0.25, 0.3) is 0 Å². The molecule has 0 saturated carbocycles. The van der Waals surface area contributed by atoms with Crippen LogP contribution in [0.1, 0.15) is 60.3 Å². The van der Waals surface area contributed by atoms with Crippen LogP contribution >= 0.6 is 0 Å². The van der Waals surface area contributed by atoms with Crippen molar-refractivity contribution < 1.29 is 19.2 Å². The normalized spacial score (nSPS) is 12.2. The van der Waals surface area contributed by atoms with Crippen LogP contribution in [0.3, 0.4) is 0 Å². The van der Waals surface area contributed by atoms with E-state index in [1.54, 1.807) is 6.92 Å². The summed E-state index contributed by atoms with van der Waals surface area (Å²) in [7, 11) is 0. The summed E-state index contributed by atoms with van der Waals surface area (Å²) in [5.41, 5.74) is 0.299. The molecule has 5 heteroatoms. The highest BCUT2D eigenvalue weighted by molar-refractivity contribution is 5.82. The highest BCUT2D eigenvalue weighted by Gasteiger charge is 2.26. The van der Waals surface area contributed by atoms with E-state index < -0.39 is 11.4 Å². The van der Waals surface area contributed by atoms with E-state index in [0.717, 1.165) is 18.6 Å². The summed E-state index contributed by atoms with van der Waals surface area (Å²) >= 11 is 0. The zero-order valence-corrected chi connectivity index (χ0v) is 12.6. The van der Waals surface area contributed by atoms with Gasteiger partial charge in [0.2, 0.25) is 0 Å². The van der Waals surface area contributed by atoms with Gasteiger partial charge in [-0.15, -0.1) is 0 Å². The van der Waals surface area contributed by atoms with Gasteiger partial charge in [0.1, 0.15) is 0 Å². The third-order valence-electron chi connectivity index (χ3n) is 3.01. The summed E-state index contributed by atoms with van der Waals surface area (Å²) < 4.78 is 5.11. The molecule has 0 unspecified atom stereocenters. The van der Waals surface area contributed by atoms with Crippen LogP contribution in [0, 0.1) is 5.41 Å². The van der Waals surface area contributed by atoms with Gasteiger partial charge >= 0.3 is 11.9 Å². The second-order valence-corrected chi connectivity index (χ2v) is 5.12. The quantitative estimate of drug-likeness (QED) is 0.224. The van der Waals surface area contributed by atoms with Crippen LogP contribution in [0.15, 0.2) is 5.16 Å². The number of oxime groups is 1. The zero-order valence-electron chi connectivity index (χ0n) is 12.6. The predicted molar refractivity (Wildman–Crippen MR) is 73.8 cm³/mol. The number of esters is 1. The lowest BCUT2D eigenvalue weighted by molar-refractivity contribution is -0.155. The van der Waals surface area contributed by atoms with Crippen molar-refractivity contribution >= 4 is 17.7 Å². The summed E-state index contributed by atoms with van der Waals surface area (Å²) in [5.74, 6) is -0.637. The van der Waals surface area contributed by atoms with E-state index in [1.165, 1.54) is 0 Å². The van der Waals surface area contributed by atoms with Gasteiger partial charge in [0.15, 0.2) is 0 Å². The van der Waals surface area contributed by atoms with Gasteiger partial charge in [-0.3, -0.25) is 4.79 Å². The molecule has 0 aromatic rings. The van der Waals surface area contributed by atoms with Crippen molar-refractivity contribution in [1.29, 1.82) is 0 Å². The van der Waals surface area contributed by atoms with Crippen LogP contribution < -0.4 is 0 Å². The van der Waals surface area contributed by atoms with Crippen LogP contribution in [0.2, 0.25) is 0 Å². The zero-order chi connectivity index (χ0) is 14.9. The molecule has 0 amide bonds. The van der Waals surface area contributed by atoms with E-state index in [0.29, 0.717) is 6.42 Å². The molecule has 0 fully saturated rings. The molecule has 0 bridgehead atoms. The van der Waals surface area contributed by atoms with Gasteiger partial charge in [0.25, 0.3) is 0 Å². The van der Waals surface area contributed by atoms with Gasteiger partial charge in [0, 0.05) is 0 Å². The van der Waals surface area contributed by atoms with Crippen LogP contribution in [-0.4, -0.2) is 24.3 Å². The standard InChI is InChI=1S/C14H25NO4/c1-6-11(3)15-19-12(16)9-8-10-18-13(17)14(4,5)7-2/h6-10H2,1-5H3. The van der Waals surface area contributed by atoms with Crippen molar-refractivity contribution in [2.45, 2.75) is 60.3 Å². The fourth-order valence-corrected chi connectivity index (χ4v) is 0.960. The van der Waals surface area contributed by atoms with E-state index in [-0.39, 0.29) is 19.0 Å². The topological polar surface area (TPSA) is 65.0 Å². The van der Waals surface area contributed by atoms with E-state index in [4.69, 9.17) is 9.57 Å². The number of nitrogens with zero attached hydrogens (tertiary/aromatic N) is 1. The largest absolute Gasteiger partial charge is 0.465 e. The molecule has 0 saturated heterocycles. The Bertz CT molecular complexity index is 334. The van der Waals surface area contributed by atoms with Crippen molar-refractivity contribution in [3.05, 3.63) is 0 Å². The van der Waals surface area contributed by atoms with Gasteiger partial charge in [-0.1, -0.05) is 19.0 Å². The molecule has 110 valence electrons. The average molecular weight is 271 g/mol. The third-order valence-corrected chi connectivity index (χ3v) is 3.01. The van der Waals surface area contributed by atoms with Crippen molar-refractivity contribution in [2.75, 3.05) is 6.61 Å². The van der Waals surface area contributed by atoms with Gasteiger partial charge < -0.3 is 9.57 Å². The molecule has 0 N–H and O–H groups in total. The molecule has 0 aliphatic heterocycles. The summed E-state index contributed by atoms with van der Waals surface area (Å²) in [6.45, 7) is 9.57. The van der Waals surface area contributed by atoms with Gasteiger partial charge in [-0.2, -0.15) is 0 Å². The molecule has 0 aromatic heterocycles. The van der Waals surface area contributed by atoms with Gasteiger partial charge in [-0.25, -0.2) is 4.79 Å². The monoisotopic (exact) mass is 271 g/mol. The first-order chi connectivity index (χ1) is 8.83. The lowest BCUT2D eigenvalue weighted by atomic mass is 9.91. The SMILES string of the molecule is CCC(C)=NOC(=O)CCCOC(=O)C(C)(C)CC. The minimum absolute atomic E-state index is 0.195. The Balaban J connectivity index is 3.81. The Morgan fingerprint density at radius 2 is 1.84 bits per heavy atom. The summed E-state index contributed by atoms with van der Waals surface area (Å²) in [4.78, 5) is 27.6. The minimum atomic E-state index is -0.469. The number of ether oxygens (including phenoxy) is 1. The van der Waals surface area contributed by atoms with E-state index >= 15 is 0 Å². The smallest absolute Gasteiger partial charge is 0.335 e. The highest BCUT2D eigenvalue weighted by Crippen LogP contribution is 2.21. The highest BCUT2D eigenvalue weighted by atomic mass is 16.7. The molecule has 5 nitrogen and oxygen atoms in total. The number of hydrogen-bond acceptors (Lipinski definition) is 5. The van der Waals surface area contributed by atoms with E-state index in [9.17, 15) is 9.59 Å². The number of carbonyl (C=O) groups is 2. The Labute approximate surface area is 115 Å². The molecule has 0 heterocycles. The first-order valence-electron chi connectivity index (χ1n) is 6.74. The third kappa shape index (κ3) is 7.59. The maximum atomic E-state index is 11.6. The maximum Gasteiger partial charge on any atom is 0.335 e. The number of rotatable bonds is 8. The molecule has 0 radical (unpaired) electrons. The first-order valence-corrected chi connectivity index (χ1v) is 6.74. The molecule has 0 aliphatic rings. The minimum Gasteiger partial charge on any atom is -0.465 e. The summed E-state index contributed by atoms with van der Waals surface area (Å²) in [5, 5.41) is 3.67. The molecule has 0 aliphatic carbocycles. The average Bonchev–Trinajstić information content (AvgIpc) is 2.40. The van der Waals surface area contributed by atoms with E-state index in [1.807, 2.05) is 27.7 Å². The van der Waals surface area contributed by atoms with Gasteiger partial charge in [-0.05, 0) is 40.0 Å². The Morgan fingerprint density at radius 1 is 1.21 bits per heavy atom. The first kappa shape index (κ1) is 17.6. The second-order valence-electron chi connectivity index (χ2n) is 5.12. The molecule has 0 rings (SSSR count). The molecule has 19 heavy (non-hydrogen) atoms. The fraction of sp³-hybridized carbons (Fsp3) is 0.786. The Hall–Kier alpha value is -1.39. The van der Waals surface area contributed by atoms with Crippen molar-refractivity contribution in [1.82, 2.24) is 0 Å². The van der Waals surface area contributed by atoms with Crippen molar-refractivity contribution in [2.24, 2.45) is 10.6 Å². The van der Waals surface area contributed by atoms with Crippen LogP contribution in [0.5, 0.6) is 0 Å². The summed E-state index contributed by atoms with van der Waals surface area (Å²) in [6, 6.07) is 0. The molecule has 0 atom stereocenters.